The van der Waals surface area contributed by atoms with E-state index in [1.54, 1.807) is 0 Å². The van der Waals surface area contributed by atoms with Crippen LogP contribution in [0.1, 0.15) is 11.1 Å². The summed E-state index contributed by atoms with van der Waals surface area (Å²) in [6, 6.07) is 16.9. The topological polar surface area (TPSA) is 23.6 Å². The lowest BCUT2D eigenvalue weighted by atomic mass is 10.0. The highest BCUT2D eigenvalue weighted by atomic mass is 79.9. The van der Waals surface area contributed by atoms with Crippen molar-refractivity contribution >= 4 is 27.5 Å². The number of benzene rings is 2. The Balaban J connectivity index is 1.37. The number of halogens is 1. The molecule has 3 nitrogen and oxygen atoms in total. The van der Waals surface area contributed by atoms with Crippen LogP contribution in [0.5, 0.6) is 0 Å². The number of fused-ring (bicyclic) bond motifs is 1. The molecule has 0 N–H and O–H groups in total. The second-order valence-electron chi connectivity index (χ2n) is 6.67. The molecule has 124 valence electrons. The first-order valence-electron chi connectivity index (χ1n) is 8.57. The highest BCUT2D eigenvalue weighted by Gasteiger charge is 2.32. The van der Waals surface area contributed by atoms with Crippen LogP contribution in [0.3, 0.4) is 0 Å². The summed E-state index contributed by atoms with van der Waals surface area (Å²) in [5.41, 5.74) is 3.91. The number of nitrogens with zero attached hydrogens (tertiary/aromatic N) is 2. The van der Waals surface area contributed by atoms with Gasteiger partial charge in [-0.15, -0.1) is 0 Å². The zero-order chi connectivity index (χ0) is 16.5. The highest BCUT2D eigenvalue weighted by Crippen LogP contribution is 2.30. The van der Waals surface area contributed by atoms with Gasteiger partial charge >= 0.3 is 0 Å². The zero-order valence-corrected chi connectivity index (χ0v) is 15.2. The standard InChI is InChI=1S/C20H21BrN2O/c21-18-7-6-15-12-17(13-16(15)14-18)20(24)23-10-8-22(9-11-23)19-4-2-1-3-5-19/h1-7,14,17H,8-13H2. The summed E-state index contributed by atoms with van der Waals surface area (Å²) in [7, 11) is 0. The fourth-order valence-corrected chi connectivity index (χ4v) is 4.25. The van der Waals surface area contributed by atoms with E-state index < -0.39 is 0 Å². The molecule has 1 atom stereocenters. The maximum atomic E-state index is 12.9. The molecule has 1 heterocycles. The third kappa shape index (κ3) is 3.07. The van der Waals surface area contributed by atoms with Crippen molar-refractivity contribution in [2.75, 3.05) is 31.1 Å². The van der Waals surface area contributed by atoms with E-state index in [1.165, 1.54) is 16.8 Å². The summed E-state index contributed by atoms with van der Waals surface area (Å²) >= 11 is 3.53. The van der Waals surface area contributed by atoms with Gasteiger partial charge in [0.15, 0.2) is 0 Å². The Morgan fingerprint density at radius 1 is 0.917 bits per heavy atom. The van der Waals surface area contributed by atoms with E-state index in [0.717, 1.165) is 43.5 Å². The fraction of sp³-hybridized carbons (Fsp3) is 0.350. The Labute approximate surface area is 151 Å². The molecule has 1 amide bonds. The minimum absolute atomic E-state index is 0.123. The van der Waals surface area contributed by atoms with Gasteiger partial charge in [-0.2, -0.15) is 0 Å². The normalized spacial score (nSPS) is 20.1. The molecule has 4 heteroatoms. The van der Waals surface area contributed by atoms with Crippen LogP contribution >= 0.6 is 15.9 Å². The van der Waals surface area contributed by atoms with Crippen molar-refractivity contribution in [2.45, 2.75) is 12.8 Å². The predicted octanol–water partition coefficient (Wildman–Crippen LogP) is 3.51. The van der Waals surface area contributed by atoms with Gasteiger partial charge in [0, 0.05) is 42.3 Å². The van der Waals surface area contributed by atoms with Gasteiger partial charge in [-0.25, -0.2) is 0 Å². The number of para-hydroxylation sites is 1. The summed E-state index contributed by atoms with van der Waals surface area (Å²) in [6.07, 6.45) is 1.77. The third-order valence-corrected chi connectivity index (χ3v) is 5.66. The summed E-state index contributed by atoms with van der Waals surface area (Å²) in [5.74, 6) is 0.451. The van der Waals surface area contributed by atoms with Crippen molar-refractivity contribution in [3.8, 4) is 0 Å². The molecule has 24 heavy (non-hydrogen) atoms. The van der Waals surface area contributed by atoms with Gasteiger partial charge in [-0.3, -0.25) is 4.79 Å². The molecular weight excluding hydrogens is 364 g/mol. The average Bonchev–Trinajstić information content (AvgIpc) is 3.05. The summed E-state index contributed by atoms with van der Waals surface area (Å²) in [4.78, 5) is 17.3. The minimum Gasteiger partial charge on any atom is -0.368 e. The zero-order valence-electron chi connectivity index (χ0n) is 13.6. The van der Waals surface area contributed by atoms with Crippen molar-refractivity contribution in [1.29, 1.82) is 0 Å². The van der Waals surface area contributed by atoms with Gasteiger partial charge in [-0.05, 0) is 48.2 Å². The Kier molecular flexibility index (Phi) is 4.31. The Hall–Kier alpha value is -1.81. The van der Waals surface area contributed by atoms with E-state index in [-0.39, 0.29) is 5.92 Å². The molecule has 1 aliphatic carbocycles. The number of anilines is 1. The van der Waals surface area contributed by atoms with E-state index in [1.807, 2.05) is 6.07 Å². The molecule has 0 radical (unpaired) electrons. The van der Waals surface area contributed by atoms with E-state index in [4.69, 9.17) is 0 Å². The van der Waals surface area contributed by atoms with Crippen LogP contribution < -0.4 is 4.90 Å². The lowest BCUT2D eigenvalue weighted by molar-refractivity contribution is -0.135. The van der Waals surface area contributed by atoms with Crippen LogP contribution in [-0.4, -0.2) is 37.0 Å². The van der Waals surface area contributed by atoms with Crippen molar-refractivity contribution < 1.29 is 4.79 Å². The number of carbonyl (C=O) groups excluding carboxylic acids is 1. The molecule has 2 aromatic rings. The fourth-order valence-electron chi connectivity index (χ4n) is 3.84. The van der Waals surface area contributed by atoms with Crippen molar-refractivity contribution in [3.63, 3.8) is 0 Å². The molecule has 4 rings (SSSR count). The van der Waals surface area contributed by atoms with Crippen LogP contribution in [0.4, 0.5) is 5.69 Å². The van der Waals surface area contributed by atoms with E-state index in [0.29, 0.717) is 5.91 Å². The molecule has 0 saturated carbocycles. The van der Waals surface area contributed by atoms with E-state index >= 15 is 0 Å². The molecular formula is C20H21BrN2O. The summed E-state index contributed by atoms with van der Waals surface area (Å²) in [5, 5.41) is 0. The van der Waals surface area contributed by atoms with Crippen LogP contribution in [0.15, 0.2) is 53.0 Å². The van der Waals surface area contributed by atoms with Crippen LogP contribution in [0.2, 0.25) is 0 Å². The molecule has 1 aliphatic heterocycles. The van der Waals surface area contributed by atoms with Crippen LogP contribution in [0.25, 0.3) is 0 Å². The summed E-state index contributed by atoms with van der Waals surface area (Å²) < 4.78 is 1.10. The molecule has 1 fully saturated rings. The highest BCUT2D eigenvalue weighted by molar-refractivity contribution is 9.10. The smallest absolute Gasteiger partial charge is 0.226 e. The van der Waals surface area contributed by atoms with Crippen LogP contribution in [-0.2, 0) is 17.6 Å². The van der Waals surface area contributed by atoms with Gasteiger partial charge in [-0.1, -0.05) is 40.2 Å². The first-order chi connectivity index (χ1) is 11.7. The minimum atomic E-state index is 0.123. The molecule has 1 saturated heterocycles. The second-order valence-corrected chi connectivity index (χ2v) is 7.58. The Morgan fingerprint density at radius 2 is 1.62 bits per heavy atom. The first-order valence-corrected chi connectivity index (χ1v) is 9.36. The second kappa shape index (κ2) is 6.60. The molecule has 2 aliphatic rings. The van der Waals surface area contributed by atoms with Crippen LogP contribution in [0, 0.1) is 5.92 Å². The lowest BCUT2D eigenvalue weighted by Crippen LogP contribution is -2.50. The quantitative estimate of drug-likeness (QED) is 0.790. The maximum Gasteiger partial charge on any atom is 0.226 e. The molecule has 0 spiro atoms. The number of rotatable bonds is 2. The van der Waals surface area contributed by atoms with Crippen molar-refractivity contribution in [1.82, 2.24) is 4.90 Å². The average molecular weight is 385 g/mol. The predicted molar refractivity (Wildman–Crippen MR) is 100 cm³/mol. The number of hydrogen-bond donors (Lipinski definition) is 0. The monoisotopic (exact) mass is 384 g/mol. The first kappa shape index (κ1) is 15.7. The summed E-state index contributed by atoms with van der Waals surface area (Å²) in [6.45, 7) is 3.48. The van der Waals surface area contributed by atoms with Gasteiger partial charge in [0.05, 0.1) is 0 Å². The largest absolute Gasteiger partial charge is 0.368 e. The molecule has 2 aromatic carbocycles. The Bertz CT molecular complexity index is 739. The third-order valence-electron chi connectivity index (χ3n) is 5.16. The number of piperazine rings is 1. The Morgan fingerprint density at radius 3 is 2.38 bits per heavy atom. The van der Waals surface area contributed by atoms with E-state index in [9.17, 15) is 4.79 Å². The molecule has 1 unspecified atom stereocenters. The van der Waals surface area contributed by atoms with Gasteiger partial charge in [0.2, 0.25) is 5.91 Å². The molecule has 0 aromatic heterocycles. The SMILES string of the molecule is O=C(C1Cc2ccc(Br)cc2C1)N1CCN(c2ccccc2)CC1. The number of carbonyl (C=O) groups is 1. The van der Waals surface area contributed by atoms with E-state index in [2.05, 4.69) is 68.2 Å². The van der Waals surface area contributed by atoms with Gasteiger partial charge in [0.1, 0.15) is 0 Å². The molecule has 0 bridgehead atoms. The number of hydrogen-bond acceptors (Lipinski definition) is 2. The van der Waals surface area contributed by atoms with Crippen molar-refractivity contribution in [2.24, 2.45) is 5.92 Å². The maximum absolute atomic E-state index is 12.9. The lowest BCUT2D eigenvalue weighted by Gasteiger charge is -2.37. The van der Waals surface area contributed by atoms with Crippen molar-refractivity contribution in [3.05, 3.63) is 64.1 Å². The number of amides is 1. The van der Waals surface area contributed by atoms with Gasteiger partial charge in [0.25, 0.3) is 0 Å². The van der Waals surface area contributed by atoms with Gasteiger partial charge < -0.3 is 9.80 Å².